The number of rotatable bonds is 5. The lowest BCUT2D eigenvalue weighted by Crippen LogP contribution is -2.07. The van der Waals surface area contributed by atoms with Gasteiger partial charge in [0.2, 0.25) is 11.8 Å². The Kier molecular flexibility index (Phi) is 5.46. The standard InChI is InChI=1S/C22H13ClFN3O4/c23-18-11-14(24)5-7-17(18)22-26-19-12-15(6-8-20(19)31-22)25-21(28)9-4-13-2-1-3-16(10-13)27(29)30/h1-12H,(H,25,28)/b9-4+. The first-order chi connectivity index (χ1) is 14.9. The van der Waals surface area contributed by atoms with E-state index >= 15 is 0 Å². The van der Waals surface area contributed by atoms with Gasteiger partial charge >= 0.3 is 0 Å². The fraction of sp³-hybridized carbons (Fsp3) is 0. The summed E-state index contributed by atoms with van der Waals surface area (Å²) in [6.45, 7) is 0. The van der Waals surface area contributed by atoms with E-state index < -0.39 is 16.6 Å². The van der Waals surface area contributed by atoms with Crippen molar-refractivity contribution in [2.45, 2.75) is 0 Å². The molecule has 4 rings (SSSR count). The molecule has 0 fully saturated rings. The molecule has 1 amide bonds. The molecule has 31 heavy (non-hydrogen) atoms. The molecule has 1 N–H and O–H groups in total. The summed E-state index contributed by atoms with van der Waals surface area (Å²) < 4.78 is 18.9. The van der Waals surface area contributed by atoms with Crippen LogP contribution in [0.1, 0.15) is 5.56 Å². The highest BCUT2D eigenvalue weighted by molar-refractivity contribution is 6.33. The molecular formula is C22H13ClFN3O4. The lowest BCUT2D eigenvalue weighted by molar-refractivity contribution is -0.384. The molecule has 0 saturated heterocycles. The van der Waals surface area contributed by atoms with Crippen LogP contribution >= 0.6 is 11.6 Å². The Balaban J connectivity index is 1.51. The van der Waals surface area contributed by atoms with Crippen LogP contribution in [0.4, 0.5) is 15.8 Å². The molecule has 9 heteroatoms. The molecular weight excluding hydrogens is 425 g/mol. The van der Waals surface area contributed by atoms with E-state index in [9.17, 15) is 19.3 Å². The number of nitrogens with zero attached hydrogens (tertiary/aromatic N) is 2. The number of non-ortho nitro benzene ring substituents is 1. The summed E-state index contributed by atoms with van der Waals surface area (Å²) in [5.74, 6) is -0.654. The second-order valence-corrected chi connectivity index (χ2v) is 6.91. The molecule has 0 saturated carbocycles. The Morgan fingerprint density at radius 3 is 2.77 bits per heavy atom. The highest BCUT2D eigenvalue weighted by atomic mass is 35.5. The van der Waals surface area contributed by atoms with Gasteiger partial charge in [-0.25, -0.2) is 9.37 Å². The van der Waals surface area contributed by atoms with Crippen molar-refractivity contribution in [2.75, 3.05) is 5.32 Å². The molecule has 0 bridgehead atoms. The molecule has 0 aliphatic rings. The van der Waals surface area contributed by atoms with Gasteiger partial charge in [-0.2, -0.15) is 0 Å². The summed E-state index contributed by atoms with van der Waals surface area (Å²) >= 11 is 6.06. The van der Waals surface area contributed by atoms with Gasteiger partial charge in [0.1, 0.15) is 11.3 Å². The first-order valence-electron chi connectivity index (χ1n) is 8.98. The monoisotopic (exact) mass is 437 g/mol. The third kappa shape index (κ3) is 4.59. The molecule has 0 unspecified atom stereocenters. The van der Waals surface area contributed by atoms with E-state index in [4.69, 9.17) is 16.0 Å². The number of oxazole rings is 1. The van der Waals surface area contributed by atoms with Crippen molar-refractivity contribution in [2.24, 2.45) is 0 Å². The van der Waals surface area contributed by atoms with E-state index in [2.05, 4.69) is 10.3 Å². The second-order valence-electron chi connectivity index (χ2n) is 6.50. The summed E-state index contributed by atoms with van der Waals surface area (Å²) in [7, 11) is 0. The fourth-order valence-electron chi connectivity index (χ4n) is 2.88. The van der Waals surface area contributed by atoms with Crippen LogP contribution in [0.25, 0.3) is 28.6 Å². The summed E-state index contributed by atoms with van der Waals surface area (Å²) in [4.78, 5) is 26.9. The molecule has 0 aliphatic carbocycles. The third-order valence-electron chi connectivity index (χ3n) is 4.32. The summed E-state index contributed by atoms with van der Waals surface area (Å²) in [6, 6.07) is 14.7. The maximum atomic E-state index is 13.3. The topological polar surface area (TPSA) is 98.3 Å². The highest BCUT2D eigenvalue weighted by Crippen LogP contribution is 2.31. The molecule has 0 spiro atoms. The zero-order valence-corrected chi connectivity index (χ0v) is 16.5. The van der Waals surface area contributed by atoms with Gasteiger partial charge in [0.25, 0.3) is 5.69 Å². The van der Waals surface area contributed by atoms with E-state index in [1.807, 2.05) is 0 Å². The quantitative estimate of drug-likeness (QED) is 0.240. The SMILES string of the molecule is O=C(/C=C/c1cccc([N+](=O)[O-])c1)Nc1ccc2oc(-c3ccc(F)cc3Cl)nc2c1. The summed E-state index contributed by atoms with van der Waals surface area (Å²) in [5, 5.41) is 13.7. The number of benzene rings is 3. The number of nitro groups is 1. The molecule has 1 heterocycles. The van der Waals surface area contributed by atoms with Gasteiger partial charge in [-0.1, -0.05) is 23.7 Å². The molecule has 1 aromatic heterocycles. The largest absolute Gasteiger partial charge is 0.436 e. The van der Waals surface area contributed by atoms with Crippen LogP contribution in [0.15, 0.2) is 71.2 Å². The number of amides is 1. The van der Waals surface area contributed by atoms with Gasteiger partial charge < -0.3 is 9.73 Å². The minimum Gasteiger partial charge on any atom is -0.436 e. The van der Waals surface area contributed by atoms with Crippen molar-refractivity contribution in [1.29, 1.82) is 0 Å². The van der Waals surface area contributed by atoms with Crippen LogP contribution in [0.5, 0.6) is 0 Å². The molecule has 0 atom stereocenters. The summed E-state index contributed by atoms with van der Waals surface area (Å²) in [6.07, 6.45) is 2.75. The number of anilines is 1. The number of halogens is 2. The lowest BCUT2D eigenvalue weighted by Gasteiger charge is -2.01. The third-order valence-corrected chi connectivity index (χ3v) is 4.64. The number of fused-ring (bicyclic) bond motifs is 1. The van der Waals surface area contributed by atoms with Crippen LogP contribution in [0, 0.1) is 15.9 Å². The Bertz CT molecular complexity index is 1350. The molecule has 154 valence electrons. The van der Waals surface area contributed by atoms with Gasteiger partial charge in [-0.05, 0) is 48.0 Å². The first-order valence-corrected chi connectivity index (χ1v) is 9.36. The lowest BCUT2D eigenvalue weighted by atomic mass is 10.2. The molecule has 3 aromatic carbocycles. The molecule has 0 aliphatic heterocycles. The van der Waals surface area contributed by atoms with Crippen LogP contribution in [0.3, 0.4) is 0 Å². The van der Waals surface area contributed by atoms with Crippen LogP contribution in [-0.2, 0) is 4.79 Å². The maximum Gasteiger partial charge on any atom is 0.270 e. The van der Waals surface area contributed by atoms with Crippen molar-refractivity contribution < 1.29 is 18.5 Å². The van der Waals surface area contributed by atoms with E-state index in [1.54, 1.807) is 30.3 Å². The average Bonchev–Trinajstić information content (AvgIpc) is 3.15. The van der Waals surface area contributed by atoms with Gasteiger partial charge in [0.15, 0.2) is 5.58 Å². The van der Waals surface area contributed by atoms with Crippen LogP contribution < -0.4 is 5.32 Å². The van der Waals surface area contributed by atoms with Crippen LogP contribution in [0.2, 0.25) is 5.02 Å². The van der Waals surface area contributed by atoms with Gasteiger partial charge in [-0.3, -0.25) is 14.9 Å². The zero-order valence-electron chi connectivity index (χ0n) is 15.7. The van der Waals surface area contributed by atoms with E-state index in [1.165, 1.54) is 42.5 Å². The average molecular weight is 438 g/mol. The van der Waals surface area contributed by atoms with Crippen molar-refractivity contribution in [3.8, 4) is 11.5 Å². The number of carbonyl (C=O) groups is 1. The van der Waals surface area contributed by atoms with Gasteiger partial charge in [0, 0.05) is 23.9 Å². The number of nitrogens with one attached hydrogen (secondary N) is 1. The number of hydrogen-bond donors (Lipinski definition) is 1. The Morgan fingerprint density at radius 2 is 2.00 bits per heavy atom. The molecule has 4 aromatic rings. The maximum absolute atomic E-state index is 13.3. The Hall–Kier alpha value is -4.04. The predicted molar refractivity (Wildman–Crippen MR) is 115 cm³/mol. The number of nitro benzene ring substituents is 1. The van der Waals surface area contributed by atoms with E-state index in [0.717, 1.165) is 0 Å². The van der Waals surface area contributed by atoms with E-state index in [0.29, 0.717) is 27.9 Å². The second kappa shape index (κ2) is 8.37. The highest BCUT2D eigenvalue weighted by Gasteiger charge is 2.13. The van der Waals surface area contributed by atoms with Crippen molar-refractivity contribution in [3.05, 3.63) is 93.3 Å². The van der Waals surface area contributed by atoms with Gasteiger partial charge in [-0.15, -0.1) is 0 Å². The number of carbonyl (C=O) groups excluding carboxylic acids is 1. The van der Waals surface area contributed by atoms with E-state index in [-0.39, 0.29) is 16.6 Å². The summed E-state index contributed by atoms with van der Waals surface area (Å²) in [5.41, 5.74) is 2.35. The minimum absolute atomic E-state index is 0.0592. The first kappa shape index (κ1) is 20.2. The molecule has 7 nitrogen and oxygen atoms in total. The smallest absolute Gasteiger partial charge is 0.270 e. The van der Waals surface area contributed by atoms with Crippen molar-refractivity contribution in [1.82, 2.24) is 4.98 Å². The predicted octanol–water partition coefficient (Wildman–Crippen LogP) is 5.85. The zero-order chi connectivity index (χ0) is 22.0. The normalized spacial score (nSPS) is 11.2. The number of aromatic nitrogens is 1. The minimum atomic E-state index is -0.502. The fourth-order valence-corrected chi connectivity index (χ4v) is 3.13. The van der Waals surface area contributed by atoms with Crippen LogP contribution in [-0.4, -0.2) is 15.8 Å². The number of hydrogen-bond acceptors (Lipinski definition) is 5. The van der Waals surface area contributed by atoms with Crippen molar-refractivity contribution >= 4 is 46.1 Å². The molecule has 0 radical (unpaired) electrons. The van der Waals surface area contributed by atoms with Gasteiger partial charge in [0.05, 0.1) is 15.5 Å². The Morgan fingerprint density at radius 1 is 1.16 bits per heavy atom. The Labute approximate surface area is 179 Å². The van der Waals surface area contributed by atoms with Crippen molar-refractivity contribution in [3.63, 3.8) is 0 Å².